The standard InChI is InChI=1S/C13H19N3O3/c1-9(2)7-15-12(17)10-4-5-14-11(6-10)8-16-13(18)19-3/h4-6,9H,7-8H2,1-3H3,(H,15,17)(H,16,18). The quantitative estimate of drug-likeness (QED) is 0.841. The van der Waals surface area contributed by atoms with E-state index >= 15 is 0 Å². The highest BCUT2D eigenvalue weighted by Crippen LogP contribution is 2.02. The highest BCUT2D eigenvalue weighted by atomic mass is 16.5. The predicted molar refractivity (Wildman–Crippen MR) is 70.7 cm³/mol. The highest BCUT2D eigenvalue weighted by molar-refractivity contribution is 5.94. The van der Waals surface area contributed by atoms with Crippen LogP contribution in [0.1, 0.15) is 29.9 Å². The Hall–Kier alpha value is -2.11. The van der Waals surface area contributed by atoms with Crippen molar-refractivity contribution < 1.29 is 14.3 Å². The Morgan fingerprint density at radius 1 is 1.37 bits per heavy atom. The number of aromatic nitrogens is 1. The summed E-state index contributed by atoms with van der Waals surface area (Å²) in [5, 5.41) is 5.33. The van der Waals surface area contributed by atoms with Crippen LogP contribution in [-0.4, -0.2) is 30.6 Å². The van der Waals surface area contributed by atoms with Crippen LogP contribution in [0.15, 0.2) is 18.3 Å². The van der Waals surface area contributed by atoms with Crippen LogP contribution >= 0.6 is 0 Å². The largest absolute Gasteiger partial charge is 0.453 e. The van der Waals surface area contributed by atoms with Gasteiger partial charge in [-0.3, -0.25) is 9.78 Å². The molecule has 0 fully saturated rings. The summed E-state index contributed by atoms with van der Waals surface area (Å²) in [7, 11) is 1.29. The lowest BCUT2D eigenvalue weighted by atomic mass is 10.2. The third kappa shape index (κ3) is 5.37. The fraction of sp³-hybridized carbons (Fsp3) is 0.462. The van der Waals surface area contributed by atoms with E-state index in [1.807, 2.05) is 13.8 Å². The number of carbonyl (C=O) groups is 2. The van der Waals surface area contributed by atoms with E-state index in [9.17, 15) is 9.59 Å². The van der Waals surface area contributed by atoms with Crippen molar-refractivity contribution in [2.24, 2.45) is 5.92 Å². The maximum Gasteiger partial charge on any atom is 0.407 e. The van der Waals surface area contributed by atoms with Crippen LogP contribution in [-0.2, 0) is 11.3 Å². The molecule has 0 saturated heterocycles. The van der Waals surface area contributed by atoms with Crippen LogP contribution < -0.4 is 10.6 Å². The number of amides is 2. The molecule has 0 radical (unpaired) electrons. The van der Waals surface area contributed by atoms with E-state index in [1.165, 1.54) is 7.11 Å². The number of nitrogens with zero attached hydrogens (tertiary/aromatic N) is 1. The first-order valence-electron chi connectivity index (χ1n) is 6.08. The summed E-state index contributed by atoms with van der Waals surface area (Å²) in [5.41, 5.74) is 1.12. The van der Waals surface area contributed by atoms with Gasteiger partial charge in [-0.15, -0.1) is 0 Å². The van der Waals surface area contributed by atoms with Crippen molar-refractivity contribution in [1.82, 2.24) is 15.6 Å². The minimum Gasteiger partial charge on any atom is -0.453 e. The molecule has 6 nitrogen and oxygen atoms in total. The van der Waals surface area contributed by atoms with E-state index in [0.717, 1.165) is 0 Å². The SMILES string of the molecule is COC(=O)NCc1cc(C(=O)NCC(C)C)ccn1. The first-order valence-corrected chi connectivity index (χ1v) is 6.08. The van der Waals surface area contributed by atoms with E-state index < -0.39 is 6.09 Å². The van der Waals surface area contributed by atoms with Crippen molar-refractivity contribution in [2.75, 3.05) is 13.7 Å². The van der Waals surface area contributed by atoms with Gasteiger partial charge in [-0.05, 0) is 18.1 Å². The normalized spacial score (nSPS) is 10.1. The zero-order valence-corrected chi connectivity index (χ0v) is 11.4. The number of rotatable bonds is 5. The van der Waals surface area contributed by atoms with Crippen molar-refractivity contribution in [3.05, 3.63) is 29.6 Å². The molecule has 1 aromatic heterocycles. The van der Waals surface area contributed by atoms with Gasteiger partial charge in [0.25, 0.3) is 5.91 Å². The summed E-state index contributed by atoms with van der Waals surface area (Å²) in [4.78, 5) is 26.9. The molecule has 0 bridgehead atoms. The third-order valence-corrected chi connectivity index (χ3v) is 2.35. The molecule has 1 heterocycles. The van der Waals surface area contributed by atoms with Crippen LogP contribution in [0.5, 0.6) is 0 Å². The topological polar surface area (TPSA) is 80.3 Å². The molecule has 0 aliphatic heterocycles. The number of nitrogens with one attached hydrogen (secondary N) is 2. The van der Waals surface area contributed by atoms with Gasteiger partial charge in [0, 0.05) is 18.3 Å². The molecule has 0 aromatic carbocycles. The lowest BCUT2D eigenvalue weighted by Crippen LogP contribution is -2.28. The fourth-order valence-electron chi connectivity index (χ4n) is 1.35. The number of methoxy groups -OCH3 is 1. The molecule has 0 aliphatic carbocycles. The van der Waals surface area contributed by atoms with Gasteiger partial charge >= 0.3 is 6.09 Å². The summed E-state index contributed by atoms with van der Waals surface area (Å²) >= 11 is 0. The zero-order chi connectivity index (χ0) is 14.3. The van der Waals surface area contributed by atoms with Gasteiger partial charge in [-0.2, -0.15) is 0 Å². The summed E-state index contributed by atoms with van der Waals surface area (Å²) in [5.74, 6) is 0.252. The molecular formula is C13H19N3O3. The second kappa shape index (κ2) is 7.35. The summed E-state index contributed by atoms with van der Waals surface area (Å²) < 4.78 is 4.46. The molecule has 0 unspecified atom stereocenters. The van der Waals surface area contributed by atoms with Crippen molar-refractivity contribution >= 4 is 12.0 Å². The van der Waals surface area contributed by atoms with Crippen molar-refractivity contribution in [1.29, 1.82) is 0 Å². The van der Waals surface area contributed by atoms with Gasteiger partial charge in [-0.25, -0.2) is 4.79 Å². The van der Waals surface area contributed by atoms with Gasteiger partial charge in [0.1, 0.15) is 0 Å². The lowest BCUT2D eigenvalue weighted by molar-refractivity contribution is 0.0948. The van der Waals surface area contributed by atoms with E-state index in [1.54, 1.807) is 18.3 Å². The maximum absolute atomic E-state index is 11.8. The summed E-state index contributed by atoms with van der Waals surface area (Å²) in [6.45, 7) is 4.89. The number of hydrogen-bond acceptors (Lipinski definition) is 4. The molecule has 1 rings (SSSR count). The van der Waals surface area contributed by atoms with Crippen LogP contribution in [0.4, 0.5) is 4.79 Å². The zero-order valence-electron chi connectivity index (χ0n) is 11.4. The molecule has 2 amide bonds. The van der Waals surface area contributed by atoms with E-state index in [4.69, 9.17) is 0 Å². The van der Waals surface area contributed by atoms with Crippen molar-refractivity contribution in [2.45, 2.75) is 20.4 Å². The average molecular weight is 265 g/mol. The van der Waals surface area contributed by atoms with Gasteiger partial charge < -0.3 is 15.4 Å². The molecule has 0 saturated carbocycles. The van der Waals surface area contributed by atoms with Gasteiger partial charge in [0.2, 0.25) is 0 Å². The lowest BCUT2D eigenvalue weighted by Gasteiger charge is -2.08. The predicted octanol–water partition coefficient (Wildman–Crippen LogP) is 1.32. The van der Waals surface area contributed by atoms with Crippen LogP contribution in [0.3, 0.4) is 0 Å². The van der Waals surface area contributed by atoms with Crippen LogP contribution in [0.25, 0.3) is 0 Å². The van der Waals surface area contributed by atoms with E-state index in [-0.39, 0.29) is 12.5 Å². The molecule has 104 valence electrons. The van der Waals surface area contributed by atoms with Gasteiger partial charge in [0.15, 0.2) is 0 Å². The number of alkyl carbamates (subject to hydrolysis) is 1. The van der Waals surface area contributed by atoms with Crippen LogP contribution in [0, 0.1) is 5.92 Å². The molecule has 19 heavy (non-hydrogen) atoms. The van der Waals surface area contributed by atoms with Gasteiger partial charge in [0.05, 0.1) is 19.3 Å². The van der Waals surface area contributed by atoms with Crippen LogP contribution in [0.2, 0.25) is 0 Å². The molecule has 0 spiro atoms. The Morgan fingerprint density at radius 3 is 2.74 bits per heavy atom. The Morgan fingerprint density at radius 2 is 2.11 bits per heavy atom. The first kappa shape index (κ1) is 14.9. The molecule has 1 aromatic rings. The molecule has 6 heteroatoms. The van der Waals surface area contributed by atoms with Crippen molar-refractivity contribution in [3.8, 4) is 0 Å². The Labute approximate surface area is 112 Å². The second-order valence-electron chi connectivity index (χ2n) is 4.48. The minimum absolute atomic E-state index is 0.143. The smallest absolute Gasteiger partial charge is 0.407 e. The van der Waals surface area contributed by atoms with Gasteiger partial charge in [-0.1, -0.05) is 13.8 Å². The van der Waals surface area contributed by atoms with Crippen molar-refractivity contribution in [3.63, 3.8) is 0 Å². The minimum atomic E-state index is -0.531. The third-order valence-electron chi connectivity index (χ3n) is 2.35. The Kier molecular flexibility index (Phi) is 5.78. The second-order valence-corrected chi connectivity index (χ2v) is 4.48. The molecule has 0 atom stereocenters. The first-order chi connectivity index (χ1) is 9.02. The number of hydrogen-bond donors (Lipinski definition) is 2. The fourth-order valence-corrected chi connectivity index (χ4v) is 1.35. The number of ether oxygens (including phenoxy) is 1. The summed E-state index contributed by atoms with van der Waals surface area (Å²) in [6.07, 6.45) is 1.01. The highest BCUT2D eigenvalue weighted by Gasteiger charge is 2.08. The summed E-state index contributed by atoms with van der Waals surface area (Å²) in [6, 6.07) is 3.28. The average Bonchev–Trinajstić information content (AvgIpc) is 2.42. The Balaban J connectivity index is 2.60. The number of carbonyl (C=O) groups excluding carboxylic acids is 2. The van der Waals surface area contributed by atoms with E-state index in [0.29, 0.717) is 23.7 Å². The molecule has 0 aliphatic rings. The molecule has 2 N–H and O–H groups in total. The maximum atomic E-state index is 11.8. The molecular weight excluding hydrogens is 246 g/mol. The Bertz CT molecular complexity index is 447. The van der Waals surface area contributed by atoms with E-state index in [2.05, 4.69) is 20.4 Å². The monoisotopic (exact) mass is 265 g/mol. The number of pyridine rings is 1.